The molecule has 3 aromatic rings. The van der Waals surface area contributed by atoms with Crippen LogP contribution in [0.15, 0.2) is 77.3 Å². The first kappa shape index (κ1) is 25.9. The van der Waals surface area contributed by atoms with Gasteiger partial charge < -0.3 is 21.1 Å². The van der Waals surface area contributed by atoms with E-state index in [2.05, 4.69) is 31.9 Å². The molecule has 2 atom stereocenters. The van der Waals surface area contributed by atoms with Crippen LogP contribution in [0.4, 0.5) is 11.4 Å². The molecule has 0 bridgehead atoms. The standard InChI is InChI=1S/C25H25BrN4O5/c1-15(31)23(25(34)30-35)29-24(33)18-4-2-16(3-5-18)17-6-10-21(11-7-17)28-22(32)14-27-20-12-8-19(26)9-13-20/h2-13,15,23,27,31,35H,14H2,1H3,(H,28,32)(H,29,33)(H,30,34)/t15-,23+/m1/s1. The lowest BCUT2D eigenvalue weighted by atomic mass is 10.0. The van der Waals surface area contributed by atoms with Crippen LogP contribution in [-0.2, 0) is 9.59 Å². The van der Waals surface area contributed by atoms with Crippen molar-refractivity contribution < 1.29 is 24.7 Å². The van der Waals surface area contributed by atoms with Gasteiger partial charge >= 0.3 is 0 Å². The van der Waals surface area contributed by atoms with Gasteiger partial charge in [0.05, 0.1) is 12.6 Å². The molecule has 0 aliphatic heterocycles. The molecule has 35 heavy (non-hydrogen) atoms. The Morgan fingerprint density at radius 2 is 1.40 bits per heavy atom. The molecule has 3 rings (SSSR count). The van der Waals surface area contributed by atoms with E-state index in [-0.39, 0.29) is 18.0 Å². The molecule has 0 saturated carbocycles. The quantitative estimate of drug-likeness (QED) is 0.182. The average molecular weight is 541 g/mol. The molecular weight excluding hydrogens is 516 g/mol. The Kier molecular flexibility index (Phi) is 8.96. The van der Waals surface area contributed by atoms with Crippen molar-refractivity contribution in [2.75, 3.05) is 17.2 Å². The maximum atomic E-state index is 12.4. The van der Waals surface area contributed by atoms with Gasteiger partial charge in [0.25, 0.3) is 11.8 Å². The van der Waals surface area contributed by atoms with Gasteiger partial charge in [-0.1, -0.05) is 40.2 Å². The second kappa shape index (κ2) is 12.1. The van der Waals surface area contributed by atoms with Gasteiger partial charge in [0.15, 0.2) is 0 Å². The maximum absolute atomic E-state index is 12.4. The molecule has 6 N–H and O–H groups in total. The summed E-state index contributed by atoms with van der Waals surface area (Å²) in [6.07, 6.45) is -1.19. The van der Waals surface area contributed by atoms with Crippen molar-refractivity contribution >= 4 is 45.0 Å². The van der Waals surface area contributed by atoms with Gasteiger partial charge in [-0.15, -0.1) is 0 Å². The Morgan fingerprint density at radius 1 is 0.857 bits per heavy atom. The summed E-state index contributed by atoms with van der Waals surface area (Å²) in [7, 11) is 0. The summed E-state index contributed by atoms with van der Waals surface area (Å²) < 4.78 is 0.961. The number of nitrogens with one attached hydrogen (secondary N) is 4. The monoisotopic (exact) mass is 540 g/mol. The molecular formula is C25H25BrN4O5. The topological polar surface area (TPSA) is 140 Å². The maximum Gasteiger partial charge on any atom is 0.268 e. The molecule has 0 aliphatic rings. The highest BCUT2D eigenvalue weighted by molar-refractivity contribution is 9.10. The number of hydrogen-bond acceptors (Lipinski definition) is 6. The van der Waals surface area contributed by atoms with E-state index in [9.17, 15) is 19.5 Å². The van der Waals surface area contributed by atoms with E-state index in [0.717, 1.165) is 21.3 Å². The highest BCUT2D eigenvalue weighted by Crippen LogP contribution is 2.22. The number of carbonyl (C=O) groups excluding carboxylic acids is 3. The van der Waals surface area contributed by atoms with Crippen molar-refractivity contribution in [3.8, 4) is 11.1 Å². The molecule has 0 spiro atoms. The number of carbonyl (C=O) groups is 3. The fourth-order valence-electron chi connectivity index (χ4n) is 3.21. The molecule has 0 aromatic heterocycles. The highest BCUT2D eigenvalue weighted by Gasteiger charge is 2.25. The smallest absolute Gasteiger partial charge is 0.268 e. The lowest BCUT2D eigenvalue weighted by Crippen LogP contribution is -2.51. The molecule has 0 unspecified atom stereocenters. The molecule has 0 saturated heterocycles. The fraction of sp³-hybridized carbons (Fsp3) is 0.160. The van der Waals surface area contributed by atoms with Gasteiger partial charge in [-0.2, -0.15) is 0 Å². The van der Waals surface area contributed by atoms with Crippen LogP contribution in [-0.4, -0.2) is 46.7 Å². The number of hydroxylamine groups is 1. The zero-order valence-electron chi connectivity index (χ0n) is 18.8. The molecule has 10 heteroatoms. The van der Waals surface area contributed by atoms with Crippen molar-refractivity contribution in [3.05, 3.63) is 82.8 Å². The first-order chi connectivity index (χ1) is 16.8. The van der Waals surface area contributed by atoms with E-state index in [4.69, 9.17) is 5.21 Å². The SMILES string of the molecule is C[C@@H](O)[C@H](NC(=O)c1ccc(-c2ccc(NC(=O)CNc3ccc(Br)cc3)cc2)cc1)C(=O)NO. The minimum atomic E-state index is -1.29. The Labute approximate surface area is 210 Å². The molecule has 3 aromatic carbocycles. The fourth-order valence-corrected chi connectivity index (χ4v) is 3.48. The van der Waals surface area contributed by atoms with Crippen LogP contribution in [0, 0.1) is 0 Å². The minimum Gasteiger partial charge on any atom is -0.391 e. The Balaban J connectivity index is 1.57. The van der Waals surface area contributed by atoms with E-state index < -0.39 is 24.0 Å². The number of amides is 3. The summed E-state index contributed by atoms with van der Waals surface area (Å²) in [5.74, 6) is -1.66. The van der Waals surface area contributed by atoms with Crippen LogP contribution in [0.5, 0.6) is 0 Å². The Morgan fingerprint density at radius 3 is 1.94 bits per heavy atom. The average Bonchev–Trinajstić information content (AvgIpc) is 2.86. The van der Waals surface area contributed by atoms with Crippen molar-refractivity contribution in [2.24, 2.45) is 0 Å². The number of benzene rings is 3. The summed E-state index contributed by atoms with van der Waals surface area (Å²) in [5.41, 5.74) is 4.92. The van der Waals surface area contributed by atoms with Gasteiger partial charge in [-0.25, -0.2) is 5.48 Å². The van der Waals surface area contributed by atoms with E-state index in [1.807, 2.05) is 36.4 Å². The summed E-state index contributed by atoms with van der Waals surface area (Å²) in [6, 6.07) is 20.2. The van der Waals surface area contributed by atoms with E-state index in [1.54, 1.807) is 36.4 Å². The normalized spacial score (nSPS) is 12.2. The van der Waals surface area contributed by atoms with E-state index in [0.29, 0.717) is 5.69 Å². The van der Waals surface area contributed by atoms with Crippen LogP contribution in [0.2, 0.25) is 0 Å². The summed E-state index contributed by atoms with van der Waals surface area (Å²) in [4.78, 5) is 36.2. The summed E-state index contributed by atoms with van der Waals surface area (Å²) >= 11 is 3.37. The number of halogens is 1. The van der Waals surface area contributed by atoms with Crippen LogP contribution in [0.3, 0.4) is 0 Å². The molecule has 3 amide bonds. The van der Waals surface area contributed by atoms with Crippen molar-refractivity contribution in [2.45, 2.75) is 19.1 Å². The number of hydrogen-bond donors (Lipinski definition) is 6. The highest BCUT2D eigenvalue weighted by atomic mass is 79.9. The second-order valence-corrected chi connectivity index (χ2v) is 8.65. The van der Waals surface area contributed by atoms with Gasteiger partial charge in [0, 0.05) is 21.4 Å². The van der Waals surface area contributed by atoms with E-state index >= 15 is 0 Å². The van der Waals surface area contributed by atoms with Crippen LogP contribution < -0.4 is 21.4 Å². The third-order valence-corrected chi connectivity index (χ3v) is 5.64. The zero-order valence-corrected chi connectivity index (χ0v) is 20.4. The van der Waals surface area contributed by atoms with Gasteiger partial charge in [-0.3, -0.25) is 19.6 Å². The number of rotatable bonds is 9. The lowest BCUT2D eigenvalue weighted by Gasteiger charge is -2.19. The van der Waals surface area contributed by atoms with Gasteiger partial charge in [0.1, 0.15) is 6.04 Å². The minimum absolute atomic E-state index is 0.128. The third kappa shape index (κ3) is 7.38. The third-order valence-electron chi connectivity index (χ3n) is 5.11. The number of anilines is 2. The molecule has 0 aliphatic carbocycles. The number of aliphatic hydroxyl groups excluding tert-OH is 1. The van der Waals surface area contributed by atoms with Crippen molar-refractivity contribution in [1.82, 2.24) is 10.8 Å². The van der Waals surface area contributed by atoms with Gasteiger partial charge in [0.2, 0.25) is 5.91 Å². The molecule has 0 radical (unpaired) electrons. The Bertz CT molecular complexity index is 1170. The molecule has 182 valence electrons. The Hall–Kier alpha value is -3.73. The van der Waals surface area contributed by atoms with Crippen molar-refractivity contribution in [1.29, 1.82) is 0 Å². The van der Waals surface area contributed by atoms with Crippen LogP contribution >= 0.6 is 15.9 Å². The zero-order chi connectivity index (χ0) is 25.4. The number of aliphatic hydroxyl groups is 1. The molecule has 0 fully saturated rings. The van der Waals surface area contributed by atoms with Gasteiger partial charge in [-0.05, 0) is 66.6 Å². The van der Waals surface area contributed by atoms with Crippen molar-refractivity contribution in [3.63, 3.8) is 0 Å². The second-order valence-electron chi connectivity index (χ2n) is 7.73. The predicted molar refractivity (Wildman–Crippen MR) is 136 cm³/mol. The first-order valence-corrected chi connectivity index (χ1v) is 11.5. The van der Waals surface area contributed by atoms with Crippen LogP contribution in [0.1, 0.15) is 17.3 Å². The van der Waals surface area contributed by atoms with Crippen LogP contribution in [0.25, 0.3) is 11.1 Å². The molecule has 0 heterocycles. The lowest BCUT2D eigenvalue weighted by molar-refractivity contribution is -0.133. The molecule has 9 nitrogen and oxygen atoms in total. The summed E-state index contributed by atoms with van der Waals surface area (Å²) in [5, 5.41) is 26.7. The largest absolute Gasteiger partial charge is 0.391 e. The van der Waals surface area contributed by atoms with E-state index in [1.165, 1.54) is 12.4 Å². The predicted octanol–water partition coefficient (Wildman–Crippen LogP) is 3.15. The first-order valence-electron chi connectivity index (χ1n) is 10.7. The summed E-state index contributed by atoms with van der Waals surface area (Å²) in [6.45, 7) is 1.46.